The van der Waals surface area contributed by atoms with Crippen LogP contribution in [0.1, 0.15) is 67.4 Å². The molecule has 0 radical (unpaired) electrons. The molecule has 0 aromatic carbocycles. The average molecular weight is 358 g/mol. The van der Waals surface area contributed by atoms with Gasteiger partial charge in [-0.3, -0.25) is 4.79 Å². The Morgan fingerprint density at radius 1 is 1.26 bits per heavy atom. The van der Waals surface area contributed by atoms with Crippen LogP contribution in [0.25, 0.3) is 0 Å². The molecule has 23 heavy (non-hydrogen) atoms. The number of carbonyl (C=O) groups is 1. The molecule has 0 aliphatic carbocycles. The van der Waals surface area contributed by atoms with E-state index in [1.807, 2.05) is 10.3 Å². The average Bonchev–Trinajstić information content (AvgIpc) is 2.93. The normalized spacial score (nSPS) is 21.1. The molecule has 1 aromatic rings. The molecule has 1 aromatic heterocycles. The summed E-state index contributed by atoms with van der Waals surface area (Å²) in [5.74, 6) is 0.530. The highest BCUT2D eigenvalue weighted by Crippen LogP contribution is 2.39. The SMILES string of the molecule is CC(C)c1nc(C(=O)N2CCCC3(CCNCC3)CC2)cs1.Cl. The number of carbonyl (C=O) groups excluding carboxylic acids is 1. The minimum atomic E-state index is 0. The van der Waals surface area contributed by atoms with E-state index in [9.17, 15) is 4.79 Å². The van der Waals surface area contributed by atoms with E-state index in [1.165, 1.54) is 19.3 Å². The summed E-state index contributed by atoms with van der Waals surface area (Å²) in [5.41, 5.74) is 1.13. The van der Waals surface area contributed by atoms with E-state index in [0.717, 1.165) is 44.0 Å². The zero-order valence-corrected chi connectivity index (χ0v) is 15.8. The number of aromatic nitrogens is 1. The summed E-state index contributed by atoms with van der Waals surface area (Å²) in [5, 5.41) is 6.46. The lowest BCUT2D eigenvalue weighted by Crippen LogP contribution is -2.38. The largest absolute Gasteiger partial charge is 0.337 e. The van der Waals surface area contributed by atoms with Crippen LogP contribution in [0.2, 0.25) is 0 Å². The lowest BCUT2D eigenvalue weighted by Gasteiger charge is -2.36. The maximum absolute atomic E-state index is 12.7. The van der Waals surface area contributed by atoms with Crippen molar-refractivity contribution in [3.05, 3.63) is 16.1 Å². The van der Waals surface area contributed by atoms with Crippen LogP contribution in [0, 0.1) is 5.41 Å². The fourth-order valence-corrected chi connectivity index (χ4v) is 4.54. The summed E-state index contributed by atoms with van der Waals surface area (Å²) in [7, 11) is 0. The molecule has 2 aliphatic rings. The monoisotopic (exact) mass is 357 g/mol. The van der Waals surface area contributed by atoms with Crippen LogP contribution in [-0.2, 0) is 0 Å². The fraction of sp³-hybridized carbons (Fsp3) is 0.765. The Balaban J connectivity index is 0.00000192. The predicted molar refractivity (Wildman–Crippen MR) is 97.7 cm³/mol. The molecule has 6 heteroatoms. The molecule has 1 spiro atoms. The standard InChI is InChI=1S/C17H27N3OS.ClH/c1-13(2)15-19-14(12-22-15)16(21)20-10-3-4-17(7-11-20)5-8-18-9-6-17;/h12-13,18H,3-11H2,1-2H3;1H. The minimum absolute atomic E-state index is 0. The summed E-state index contributed by atoms with van der Waals surface area (Å²) < 4.78 is 0. The van der Waals surface area contributed by atoms with Gasteiger partial charge in [-0.15, -0.1) is 23.7 Å². The van der Waals surface area contributed by atoms with Crippen molar-refractivity contribution in [3.63, 3.8) is 0 Å². The molecule has 4 nitrogen and oxygen atoms in total. The molecule has 0 saturated carbocycles. The Labute approximate surface area is 149 Å². The first kappa shape index (κ1) is 18.7. The Kier molecular flexibility index (Phi) is 6.46. The quantitative estimate of drug-likeness (QED) is 0.878. The maximum Gasteiger partial charge on any atom is 0.273 e. The van der Waals surface area contributed by atoms with Gasteiger partial charge in [0.1, 0.15) is 5.69 Å². The molecule has 2 fully saturated rings. The summed E-state index contributed by atoms with van der Waals surface area (Å²) in [6.07, 6.45) is 6.09. The number of halogens is 1. The van der Waals surface area contributed by atoms with Crippen LogP contribution in [-0.4, -0.2) is 42.0 Å². The van der Waals surface area contributed by atoms with E-state index in [4.69, 9.17) is 0 Å². The van der Waals surface area contributed by atoms with E-state index in [0.29, 0.717) is 17.0 Å². The third-order valence-electron chi connectivity index (χ3n) is 5.23. The van der Waals surface area contributed by atoms with E-state index < -0.39 is 0 Å². The van der Waals surface area contributed by atoms with Crippen molar-refractivity contribution in [3.8, 4) is 0 Å². The van der Waals surface area contributed by atoms with Gasteiger partial charge in [-0.25, -0.2) is 4.98 Å². The lowest BCUT2D eigenvalue weighted by molar-refractivity contribution is 0.0745. The van der Waals surface area contributed by atoms with Gasteiger partial charge in [-0.2, -0.15) is 0 Å². The van der Waals surface area contributed by atoms with Crippen molar-refractivity contribution in [1.82, 2.24) is 15.2 Å². The Morgan fingerprint density at radius 2 is 2.00 bits per heavy atom. The van der Waals surface area contributed by atoms with Gasteiger partial charge in [-0.05, 0) is 50.6 Å². The Bertz CT molecular complexity index is 526. The Morgan fingerprint density at radius 3 is 2.65 bits per heavy atom. The second-order valence-electron chi connectivity index (χ2n) is 7.12. The molecular formula is C17H28ClN3OS. The second kappa shape index (κ2) is 7.95. The number of nitrogens with one attached hydrogen (secondary N) is 1. The number of hydrogen-bond donors (Lipinski definition) is 1. The summed E-state index contributed by atoms with van der Waals surface area (Å²) in [6, 6.07) is 0. The van der Waals surface area contributed by atoms with Crippen LogP contribution in [0.15, 0.2) is 5.38 Å². The van der Waals surface area contributed by atoms with Gasteiger partial charge in [0, 0.05) is 24.4 Å². The lowest BCUT2D eigenvalue weighted by atomic mass is 9.73. The van der Waals surface area contributed by atoms with Crippen LogP contribution in [0.3, 0.4) is 0 Å². The van der Waals surface area contributed by atoms with Gasteiger partial charge in [0.05, 0.1) is 5.01 Å². The molecule has 1 N–H and O–H groups in total. The minimum Gasteiger partial charge on any atom is -0.337 e. The highest BCUT2D eigenvalue weighted by atomic mass is 35.5. The van der Waals surface area contributed by atoms with Crippen molar-refractivity contribution < 1.29 is 4.79 Å². The third-order valence-corrected chi connectivity index (χ3v) is 6.38. The van der Waals surface area contributed by atoms with Crippen molar-refractivity contribution in [1.29, 1.82) is 0 Å². The van der Waals surface area contributed by atoms with E-state index >= 15 is 0 Å². The van der Waals surface area contributed by atoms with Crippen LogP contribution >= 0.6 is 23.7 Å². The topological polar surface area (TPSA) is 45.2 Å². The van der Waals surface area contributed by atoms with Crippen LogP contribution in [0.4, 0.5) is 0 Å². The molecule has 3 heterocycles. The molecule has 130 valence electrons. The van der Waals surface area contributed by atoms with Crippen molar-refractivity contribution in [2.75, 3.05) is 26.2 Å². The summed E-state index contributed by atoms with van der Waals surface area (Å²) in [6.45, 7) is 8.31. The van der Waals surface area contributed by atoms with Gasteiger partial charge in [0.15, 0.2) is 0 Å². The van der Waals surface area contributed by atoms with Gasteiger partial charge in [0.2, 0.25) is 0 Å². The smallest absolute Gasteiger partial charge is 0.273 e. The predicted octanol–water partition coefficient (Wildman–Crippen LogP) is 3.68. The van der Waals surface area contributed by atoms with Crippen molar-refractivity contribution >= 4 is 29.7 Å². The van der Waals surface area contributed by atoms with Gasteiger partial charge in [0.25, 0.3) is 5.91 Å². The summed E-state index contributed by atoms with van der Waals surface area (Å²) >= 11 is 1.61. The van der Waals surface area contributed by atoms with Crippen LogP contribution in [0.5, 0.6) is 0 Å². The fourth-order valence-electron chi connectivity index (χ4n) is 3.73. The molecule has 3 rings (SSSR count). The first-order chi connectivity index (χ1) is 10.6. The van der Waals surface area contributed by atoms with Crippen molar-refractivity contribution in [2.24, 2.45) is 5.41 Å². The van der Waals surface area contributed by atoms with Crippen molar-refractivity contribution in [2.45, 2.75) is 51.9 Å². The van der Waals surface area contributed by atoms with Crippen LogP contribution < -0.4 is 5.32 Å². The molecule has 2 aliphatic heterocycles. The molecule has 1 amide bonds. The first-order valence-corrected chi connectivity index (χ1v) is 9.43. The summed E-state index contributed by atoms with van der Waals surface area (Å²) in [4.78, 5) is 19.3. The number of hydrogen-bond acceptors (Lipinski definition) is 4. The van der Waals surface area contributed by atoms with E-state index in [-0.39, 0.29) is 18.3 Å². The number of amides is 1. The second-order valence-corrected chi connectivity index (χ2v) is 8.01. The molecule has 0 bridgehead atoms. The highest BCUT2D eigenvalue weighted by molar-refractivity contribution is 7.09. The molecule has 0 atom stereocenters. The first-order valence-electron chi connectivity index (χ1n) is 8.55. The third kappa shape index (κ3) is 4.25. The van der Waals surface area contributed by atoms with Gasteiger partial charge in [-0.1, -0.05) is 13.8 Å². The molecular weight excluding hydrogens is 330 g/mol. The molecule has 2 saturated heterocycles. The number of piperidine rings is 1. The maximum atomic E-state index is 12.7. The van der Waals surface area contributed by atoms with E-state index in [1.54, 1.807) is 11.3 Å². The van der Waals surface area contributed by atoms with E-state index in [2.05, 4.69) is 24.1 Å². The zero-order chi connectivity index (χ0) is 15.6. The number of thiazole rings is 1. The highest BCUT2D eigenvalue weighted by Gasteiger charge is 2.35. The zero-order valence-electron chi connectivity index (χ0n) is 14.1. The number of likely N-dealkylation sites (tertiary alicyclic amines) is 1. The Hall–Kier alpha value is -0.650. The van der Waals surface area contributed by atoms with Gasteiger partial charge < -0.3 is 10.2 Å². The van der Waals surface area contributed by atoms with Gasteiger partial charge >= 0.3 is 0 Å². The number of nitrogens with zero attached hydrogens (tertiary/aromatic N) is 2. The number of rotatable bonds is 2. The molecule has 0 unspecified atom stereocenters.